The summed E-state index contributed by atoms with van der Waals surface area (Å²) in [5.41, 5.74) is -1.35. The normalized spacial score (nSPS) is 18.9. The van der Waals surface area contributed by atoms with Gasteiger partial charge in [0.1, 0.15) is 5.54 Å². The summed E-state index contributed by atoms with van der Waals surface area (Å²) >= 11 is 1.03. The van der Waals surface area contributed by atoms with E-state index in [-0.39, 0.29) is 4.21 Å². The van der Waals surface area contributed by atoms with Crippen LogP contribution in [-0.2, 0) is 14.8 Å². The predicted octanol–water partition coefficient (Wildman–Crippen LogP) is 1.13. The number of carboxylic acids is 1. The summed E-state index contributed by atoms with van der Waals surface area (Å²) in [4.78, 5) is 15.2. The van der Waals surface area contributed by atoms with Crippen molar-refractivity contribution in [2.24, 2.45) is 0 Å². The minimum atomic E-state index is -3.80. The molecular weight excluding hydrogens is 276 g/mol. The number of hydrogen-bond acceptors (Lipinski definition) is 5. The summed E-state index contributed by atoms with van der Waals surface area (Å²) < 4.78 is 26.6. The van der Waals surface area contributed by atoms with Crippen LogP contribution < -0.4 is 4.72 Å². The van der Waals surface area contributed by atoms with E-state index in [1.165, 1.54) is 6.20 Å². The number of sulfonamides is 1. The number of nitrogens with one attached hydrogen (secondary N) is 1. The molecule has 2 rings (SSSR count). The Balaban J connectivity index is 2.29. The first-order chi connectivity index (χ1) is 8.36. The molecule has 1 heterocycles. The molecule has 1 fully saturated rings. The molecule has 6 nitrogen and oxygen atoms in total. The van der Waals surface area contributed by atoms with Gasteiger partial charge in [-0.1, -0.05) is 12.8 Å². The van der Waals surface area contributed by atoms with Gasteiger partial charge in [-0.2, -0.15) is 4.72 Å². The second kappa shape index (κ2) is 4.60. The summed E-state index contributed by atoms with van der Waals surface area (Å²) in [6.45, 7) is 1.70. The maximum atomic E-state index is 12.1. The van der Waals surface area contributed by atoms with Crippen LogP contribution in [0.5, 0.6) is 0 Å². The quantitative estimate of drug-likeness (QED) is 0.866. The number of rotatable bonds is 4. The standard InChI is InChI=1S/C10H14N2O4S2/c1-7-11-6-8(17-7)18(15,16)12-10(9(13)14)4-2-3-5-10/h6,12H,2-5H2,1H3,(H,13,14). The first-order valence-electron chi connectivity index (χ1n) is 5.56. The van der Waals surface area contributed by atoms with E-state index in [4.69, 9.17) is 0 Å². The van der Waals surface area contributed by atoms with Crippen molar-refractivity contribution in [2.45, 2.75) is 42.4 Å². The van der Waals surface area contributed by atoms with Gasteiger partial charge in [-0.3, -0.25) is 4.79 Å². The Labute approximate surface area is 109 Å². The number of aryl methyl sites for hydroxylation is 1. The molecule has 0 bridgehead atoms. The average Bonchev–Trinajstić information content (AvgIpc) is 2.87. The average molecular weight is 290 g/mol. The largest absolute Gasteiger partial charge is 0.480 e. The first kappa shape index (κ1) is 13.4. The zero-order chi connectivity index (χ0) is 13.4. The second-order valence-corrected chi connectivity index (χ2v) is 7.54. The summed E-state index contributed by atoms with van der Waals surface area (Å²) in [5, 5.41) is 9.87. The molecule has 0 atom stereocenters. The fourth-order valence-electron chi connectivity index (χ4n) is 2.11. The number of hydrogen-bond donors (Lipinski definition) is 2. The van der Waals surface area contributed by atoms with Gasteiger partial charge < -0.3 is 5.11 Å². The van der Waals surface area contributed by atoms with Crippen LogP contribution in [0, 0.1) is 6.92 Å². The lowest BCUT2D eigenvalue weighted by molar-refractivity contribution is -0.143. The van der Waals surface area contributed by atoms with Gasteiger partial charge >= 0.3 is 5.97 Å². The molecular formula is C10H14N2O4S2. The van der Waals surface area contributed by atoms with Gasteiger partial charge in [-0.15, -0.1) is 11.3 Å². The van der Waals surface area contributed by atoms with Crippen molar-refractivity contribution in [3.63, 3.8) is 0 Å². The van der Waals surface area contributed by atoms with Crippen LogP contribution in [0.2, 0.25) is 0 Å². The highest BCUT2D eigenvalue weighted by molar-refractivity contribution is 7.91. The third-order valence-corrected chi connectivity index (χ3v) is 5.97. The lowest BCUT2D eigenvalue weighted by atomic mass is 10.0. The fourth-order valence-corrected chi connectivity index (χ4v) is 4.64. The Morgan fingerprint density at radius 2 is 2.11 bits per heavy atom. The van der Waals surface area contributed by atoms with Gasteiger partial charge in [0, 0.05) is 0 Å². The van der Waals surface area contributed by atoms with E-state index >= 15 is 0 Å². The second-order valence-electron chi connectivity index (χ2n) is 4.40. The SMILES string of the molecule is Cc1ncc(S(=O)(=O)NC2(C(=O)O)CCCC2)s1. The van der Waals surface area contributed by atoms with Crippen LogP contribution in [0.1, 0.15) is 30.7 Å². The maximum Gasteiger partial charge on any atom is 0.324 e. The summed E-state index contributed by atoms with van der Waals surface area (Å²) in [5.74, 6) is -1.11. The number of thiazole rings is 1. The summed E-state index contributed by atoms with van der Waals surface area (Å²) in [7, 11) is -3.80. The molecule has 1 aliphatic rings. The molecule has 0 amide bonds. The molecule has 0 spiro atoms. The van der Waals surface area contributed by atoms with Gasteiger partial charge in [0.15, 0.2) is 4.21 Å². The molecule has 1 aromatic rings. The summed E-state index contributed by atoms with van der Waals surface area (Å²) in [6, 6.07) is 0. The summed E-state index contributed by atoms with van der Waals surface area (Å²) in [6.07, 6.45) is 3.36. The van der Waals surface area contributed by atoms with E-state index in [9.17, 15) is 18.3 Å². The van der Waals surface area contributed by atoms with Gasteiger partial charge in [-0.25, -0.2) is 13.4 Å². The van der Waals surface area contributed by atoms with Gasteiger partial charge in [0.25, 0.3) is 10.0 Å². The third kappa shape index (κ3) is 2.40. The van der Waals surface area contributed by atoms with Gasteiger partial charge in [0.05, 0.1) is 11.2 Å². The number of nitrogens with zero attached hydrogens (tertiary/aromatic N) is 1. The minimum absolute atomic E-state index is 0.0625. The van der Waals surface area contributed by atoms with Crippen LogP contribution in [0.25, 0.3) is 0 Å². The molecule has 2 N–H and O–H groups in total. The Bertz CT molecular complexity index is 558. The first-order valence-corrected chi connectivity index (χ1v) is 7.85. The van der Waals surface area contributed by atoms with Crippen molar-refractivity contribution in [3.05, 3.63) is 11.2 Å². The highest BCUT2D eigenvalue weighted by atomic mass is 32.2. The predicted molar refractivity (Wildman–Crippen MR) is 66.0 cm³/mol. The lowest BCUT2D eigenvalue weighted by Gasteiger charge is -2.24. The van der Waals surface area contributed by atoms with Gasteiger partial charge in [-0.05, 0) is 19.8 Å². The van der Waals surface area contributed by atoms with Crippen molar-refractivity contribution >= 4 is 27.3 Å². The van der Waals surface area contributed by atoms with Crippen LogP contribution in [0.4, 0.5) is 0 Å². The Morgan fingerprint density at radius 1 is 1.50 bits per heavy atom. The molecule has 0 unspecified atom stereocenters. The zero-order valence-corrected chi connectivity index (χ0v) is 11.5. The van der Waals surface area contributed by atoms with Crippen LogP contribution in [0.15, 0.2) is 10.4 Å². The fraction of sp³-hybridized carbons (Fsp3) is 0.600. The smallest absolute Gasteiger partial charge is 0.324 e. The van der Waals surface area contributed by atoms with E-state index in [2.05, 4.69) is 9.71 Å². The van der Waals surface area contributed by atoms with Crippen molar-refractivity contribution in [2.75, 3.05) is 0 Å². The number of carboxylic acid groups (broad SMARTS) is 1. The zero-order valence-electron chi connectivity index (χ0n) is 9.84. The van der Waals surface area contributed by atoms with Crippen LogP contribution in [-0.4, -0.2) is 30.0 Å². The van der Waals surface area contributed by atoms with Crippen molar-refractivity contribution < 1.29 is 18.3 Å². The molecule has 1 saturated carbocycles. The molecule has 8 heteroatoms. The number of aliphatic carboxylic acids is 1. The Kier molecular flexibility index (Phi) is 3.43. The highest BCUT2D eigenvalue weighted by Crippen LogP contribution is 2.32. The van der Waals surface area contributed by atoms with E-state index < -0.39 is 21.5 Å². The Hall–Kier alpha value is -0.990. The van der Waals surface area contributed by atoms with Crippen molar-refractivity contribution in [3.8, 4) is 0 Å². The maximum absolute atomic E-state index is 12.1. The molecule has 100 valence electrons. The van der Waals surface area contributed by atoms with E-state index in [1.807, 2.05) is 0 Å². The molecule has 0 aromatic carbocycles. The topological polar surface area (TPSA) is 96.4 Å². The molecule has 18 heavy (non-hydrogen) atoms. The molecule has 0 aliphatic heterocycles. The van der Waals surface area contributed by atoms with Gasteiger partial charge in [0.2, 0.25) is 0 Å². The Morgan fingerprint density at radius 3 is 2.56 bits per heavy atom. The highest BCUT2D eigenvalue weighted by Gasteiger charge is 2.45. The van der Waals surface area contributed by atoms with E-state index in [1.54, 1.807) is 6.92 Å². The van der Waals surface area contributed by atoms with Crippen molar-refractivity contribution in [1.29, 1.82) is 0 Å². The molecule has 1 aliphatic carbocycles. The molecule has 0 saturated heterocycles. The molecule has 1 aromatic heterocycles. The van der Waals surface area contributed by atoms with E-state index in [0.717, 1.165) is 24.2 Å². The van der Waals surface area contributed by atoms with Crippen LogP contribution in [0.3, 0.4) is 0 Å². The molecule has 0 radical (unpaired) electrons. The lowest BCUT2D eigenvalue weighted by Crippen LogP contribution is -2.52. The van der Waals surface area contributed by atoms with Crippen molar-refractivity contribution in [1.82, 2.24) is 9.71 Å². The number of aromatic nitrogens is 1. The monoisotopic (exact) mass is 290 g/mol. The minimum Gasteiger partial charge on any atom is -0.480 e. The number of carbonyl (C=O) groups is 1. The third-order valence-electron chi connectivity index (χ3n) is 3.06. The van der Waals surface area contributed by atoms with Crippen LogP contribution >= 0.6 is 11.3 Å². The van der Waals surface area contributed by atoms with E-state index in [0.29, 0.717) is 17.8 Å².